The third-order valence-electron chi connectivity index (χ3n) is 4.82. The Bertz CT molecular complexity index is 1120. The molecule has 0 saturated carbocycles. The summed E-state index contributed by atoms with van der Waals surface area (Å²) in [7, 11) is -2.60. The zero-order valence-corrected chi connectivity index (χ0v) is 18.4. The molecule has 2 aromatic carbocycles. The van der Waals surface area contributed by atoms with Crippen molar-refractivity contribution >= 4 is 39.1 Å². The van der Waals surface area contributed by atoms with Crippen LogP contribution in [0, 0.1) is 0 Å². The van der Waals surface area contributed by atoms with Crippen LogP contribution >= 0.6 is 0 Å². The number of carbonyl (C=O) groups is 3. The summed E-state index contributed by atoms with van der Waals surface area (Å²) in [6.07, 6.45) is -0.368. The lowest BCUT2D eigenvalue weighted by molar-refractivity contribution is -0.130. The van der Waals surface area contributed by atoms with Crippen molar-refractivity contribution in [3.63, 3.8) is 0 Å². The summed E-state index contributed by atoms with van der Waals surface area (Å²) in [5.41, 5.74) is 0.861. The van der Waals surface area contributed by atoms with Gasteiger partial charge in [-0.25, -0.2) is 8.42 Å². The number of para-hydroxylation sites is 2. The van der Waals surface area contributed by atoms with Gasteiger partial charge in [0.2, 0.25) is 27.7 Å². The first-order valence-electron chi connectivity index (χ1n) is 9.82. The molecule has 1 heterocycles. The molecule has 1 fully saturated rings. The van der Waals surface area contributed by atoms with Crippen LogP contribution in [0.4, 0.5) is 11.4 Å². The van der Waals surface area contributed by atoms with Gasteiger partial charge in [-0.15, -0.1) is 0 Å². The van der Waals surface area contributed by atoms with Crippen LogP contribution in [0.25, 0.3) is 0 Å². The highest BCUT2D eigenvalue weighted by Crippen LogP contribution is 2.26. The van der Waals surface area contributed by atoms with Crippen LogP contribution in [0.5, 0.6) is 5.75 Å². The Kier molecular flexibility index (Phi) is 7.11. The van der Waals surface area contributed by atoms with Gasteiger partial charge in [0.05, 0.1) is 24.1 Å². The highest BCUT2D eigenvalue weighted by Gasteiger charge is 2.39. The van der Waals surface area contributed by atoms with E-state index in [0.29, 0.717) is 17.1 Å². The van der Waals surface area contributed by atoms with Crippen LogP contribution in [0.15, 0.2) is 53.4 Å². The number of methoxy groups -OCH3 is 1. The Morgan fingerprint density at radius 3 is 2.47 bits per heavy atom. The zero-order chi connectivity index (χ0) is 23.3. The number of benzene rings is 2. The quantitative estimate of drug-likeness (QED) is 0.568. The molecule has 0 aromatic heterocycles. The molecule has 1 unspecified atom stereocenters. The van der Waals surface area contributed by atoms with E-state index in [-0.39, 0.29) is 30.3 Å². The summed E-state index contributed by atoms with van der Waals surface area (Å²) in [4.78, 5) is 36.3. The van der Waals surface area contributed by atoms with Crippen molar-refractivity contribution in [2.45, 2.75) is 24.3 Å². The van der Waals surface area contributed by atoms with E-state index in [1.165, 1.54) is 38.3 Å². The third-order valence-corrected chi connectivity index (χ3v) is 6.75. The molecule has 3 amide bonds. The van der Waals surface area contributed by atoms with Gasteiger partial charge >= 0.3 is 0 Å². The summed E-state index contributed by atoms with van der Waals surface area (Å²) in [6.45, 7) is 1.50. The molecule has 1 aliphatic heterocycles. The number of nitrogens with zero attached hydrogens (tertiary/aromatic N) is 1. The van der Waals surface area contributed by atoms with Crippen molar-refractivity contribution < 1.29 is 27.5 Å². The number of amides is 3. The van der Waals surface area contributed by atoms with E-state index >= 15 is 0 Å². The van der Waals surface area contributed by atoms with Crippen molar-refractivity contribution in [1.82, 2.24) is 9.62 Å². The lowest BCUT2D eigenvalue weighted by atomic mass is 10.1. The molecular weight excluding hydrogens is 436 g/mol. The molecule has 0 radical (unpaired) electrons. The van der Waals surface area contributed by atoms with Crippen LogP contribution < -0.4 is 20.7 Å². The maximum Gasteiger partial charge on any atom is 0.243 e. The molecule has 1 saturated heterocycles. The predicted octanol–water partition coefficient (Wildman–Crippen LogP) is 1.17. The summed E-state index contributed by atoms with van der Waals surface area (Å²) < 4.78 is 32.7. The molecule has 0 spiro atoms. The highest BCUT2D eigenvalue weighted by atomic mass is 32.2. The predicted molar refractivity (Wildman–Crippen MR) is 118 cm³/mol. The summed E-state index contributed by atoms with van der Waals surface area (Å²) in [6, 6.07) is 11.2. The smallest absolute Gasteiger partial charge is 0.243 e. The Hall–Kier alpha value is -3.44. The topological polar surface area (TPSA) is 134 Å². The lowest BCUT2D eigenvalue weighted by Gasteiger charge is -2.33. The van der Waals surface area contributed by atoms with E-state index in [1.54, 1.807) is 24.3 Å². The number of sulfonamides is 1. The maximum absolute atomic E-state index is 13.2. The Labute approximate surface area is 186 Å². The number of ether oxygens (including phenoxy) is 1. The minimum absolute atomic E-state index is 0.0219. The number of hydrogen-bond acceptors (Lipinski definition) is 6. The number of carbonyl (C=O) groups excluding carboxylic acids is 3. The van der Waals surface area contributed by atoms with Crippen LogP contribution in [0.2, 0.25) is 0 Å². The van der Waals surface area contributed by atoms with E-state index in [2.05, 4.69) is 16.0 Å². The van der Waals surface area contributed by atoms with Crippen LogP contribution in [-0.2, 0) is 24.4 Å². The minimum atomic E-state index is -4.07. The second-order valence-corrected chi connectivity index (χ2v) is 8.97. The largest absolute Gasteiger partial charge is 0.495 e. The molecular formula is C21H24N4O6S. The van der Waals surface area contributed by atoms with Gasteiger partial charge in [-0.3, -0.25) is 14.4 Å². The molecule has 2 aromatic rings. The van der Waals surface area contributed by atoms with Crippen LogP contribution in [-0.4, -0.2) is 56.7 Å². The third kappa shape index (κ3) is 5.24. The first kappa shape index (κ1) is 23.2. The summed E-state index contributed by atoms with van der Waals surface area (Å²) in [5, 5.41) is 7.83. The minimum Gasteiger partial charge on any atom is -0.495 e. The van der Waals surface area contributed by atoms with Gasteiger partial charge in [0.25, 0.3) is 0 Å². The molecule has 32 heavy (non-hydrogen) atoms. The standard InChI is InChI=1S/C21H24N4O6S/c1-14(26)23-15-7-9-16(10-8-15)32(29,30)25-12-11-22-21(28)18(25)13-20(27)24-17-5-3-4-6-19(17)31-2/h3-10,18H,11-13H2,1-2H3,(H,22,28)(H,23,26)(H,24,27). The van der Waals surface area contributed by atoms with Gasteiger partial charge in [-0.1, -0.05) is 12.1 Å². The van der Waals surface area contributed by atoms with Gasteiger partial charge in [0.15, 0.2) is 0 Å². The molecule has 0 bridgehead atoms. The fourth-order valence-electron chi connectivity index (χ4n) is 3.35. The van der Waals surface area contributed by atoms with Crippen molar-refractivity contribution in [2.24, 2.45) is 0 Å². The number of nitrogens with one attached hydrogen (secondary N) is 3. The van der Waals surface area contributed by atoms with E-state index < -0.39 is 27.9 Å². The molecule has 11 heteroatoms. The van der Waals surface area contributed by atoms with Gasteiger partial charge in [0, 0.05) is 25.7 Å². The fraction of sp³-hybridized carbons (Fsp3) is 0.286. The van der Waals surface area contributed by atoms with Crippen molar-refractivity contribution in [3.8, 4) is 5.75 Å². The normalized spacial score (nSPS) is 16.7. The second kappa shape index (κ2) is 9.79. The zero-order valence-electron chi connectivity index (χ0n) is 17.6. The van der Waals surface area contributed by atoms with Crippen LogP contribution in [0.3, 0.4) is 0 Å². The van der Waals surface area contributed by atoms with E-state index in [0.717, 1.165) is 4.31 Å². The van der Waals surface area contributed by atoms with E-state index in [9.17, 15) is 22.8 Å². The summed E-state index contributed by atoms with van der Waals surface area (Å²) in [5.74, 6) is -0.922. The number of anilines is 2. The fourth-order valence-corrected chi connectivity index (χ4v) is 4.94. The van der Waals surface area contributed by atoms with Crippen molar-refractivity contribution in [1.29, 1.82) is 0 Å². The maximum atomic E-state index is 13.2. The lowest BCUT2D eigenvalue weighted by Crippen LogP contribution is -2.57. The molecule has 170 valence electrons. The Balaban J connectivity index is 1.80. The Morgan fingerprint density at radius 1 is 1.12 bits per heavy atom. The first-order valence-corrected chi connectivity index (χ1v) is 11.3. The highest BCUT2D eigenvalue weighted by molar-refractivity contribution is 7.89. The van der Waals surface area contributed by atoms with Crippen molar-refractivity contribution in [2.75, 3.05) is 30.8 Å². The second-order valence-electron chi connectivity index (χ2n) is 7.08. The number of rotatable bonds is 7. The van der Waals surface area contributed by atoms with Gasteiger partial charge in [0.1, 0.15) is 11.8 Å². The number of piperazine rings is 1. The van der Waals surface area contributed by atoms with Gasteiger partial charge in [-0.2, -0.15) is 4.31 Å². The van der Waals surface area contributed by atoms with Crippen LogP contribution in [0.1, 0.15) is 13.3 Å². The summed E-state index contributed by atoms with van der Waals surface area (Å²) >= 11 is 0. The molecule has 0 aliphatic carbocycles. The van der Waals surface area contributed by atoms with Crippen molar-refractivity contribution in [3.05, 3.63) is 48.5 Å². The molecule has 10 nitrogen and oxygen atoms in total. The molecule has 3 N–H and O–H groups in total. The SMILES string of the molecule is COc1ccccc1NC(=O)CC1C(=O)NCCN1S(=O)(=O)c1ccc(NC(C)=O)cc1. The molecule has 1 aliphatic rings. The van der Waals surface area contributed by atoms with E-state index in [1.807, 2.05) is 0 Å². The first-order chi connectivity index (χ1) is 15.2. The Morgan fingerprint density at radius 2 is 1.81 bits per heavy atom. The van der Waals surface area contributed by atoms with Gasteiger partial charge < -0.3 is 20.7 Å². The van der Waals surface area contributed by atoms with Gasteiger partial charge in [-0.05, 0) is 36.4 Å². The average molecular weight is 461 g/mol. The number of hydrogen-bond donors (Lipinski definition) is 3. The average Bonchev–Trinajstić information content (AvgIpc) is 2.75. The van der Waals surface area contributed by atoms with E-state index in [4.69, 9.17) is 4.74 Å². The molecule has 3 rings (SSSR count). The monoisotopic (exact) mass is 460 g/mol. The molecule has 1 atom stereocenters.